The molecule has 4 aromatic heterocycles. The van der Waals surface area contributed by atoms with Crippen LogP contribution in [0.2, 0.25) is 4.34 Å². The molecule has 10 nitrogen and oxygen atoms in total. The number of carbonyl (C=O) groups is 1. The lowest BCUT2D eigenvalue weighted by Gasteiger charge is -2.34. The van der Waals surface area contributed by atoms with Crippen molar-refractivity contribution < 1.29 is 14.1 Å². The number of halogens is 1. The Kier molecular flexibility index (Phi) is 7.30. The molecule has 188 valence electrons. The number of piperidine rings is 1. The molecule has 1 aliphatic heterocycles. The van der Waals surface area contributed by atoms with Gasteiger partial charge in [0.1, 0.15) is 11.4 Å². The first-order chi connectivity index (χ1) is 17.4. The number of aromatic nitrogens is 5. The van der Waals surface area contributed by atoms with Crippen molar-refractivity contribution in [3.05, 3.63) is 52.6 Å². The van der Waals surface area contributed by atoms with Crippen LogP contribution in [-0.2, 0) is 6.54 Å². The molecule has 1 amide bonds. The molecule has 0 unspecified atom stereocenters. The number of amides is 1. The van der Waals surface area contributed by atoms with Crippen LogP contribution in [0.1, 0.15) is 32.4 Å². The Labute approximate surface area is 217 Å². The summed E-state index contributed by atoms with van der Waals surface area (Å²) in [6, 6.07) is 11.5. The van der Waals surface area contributed by atoms with Gasteiger partial charge in [-0.15, -0.1) is 16.4 Å². The summed E-state index contributed by atoms with van der Waals surface area (Å²) >= 11 is 7.45. The van der Waals surface area contributed by atoms with E-state index in [1.54, 1.807) is 10.9 Å². The summed E-state index contributed by atoms with van der Waals surface area (Å²) in [7, 11) is 0. The highest BCUT2D eigenvalue weighted by Crippen LogP contribution is 2.31. The maximum atomic E-state index is 12.6. The second-order valence-electron chi connectivity index (χ2n) is 8.81. The molecule has 1 aliphatic rings. The van der Waals surface area contributed by atoms with Gasteiger partial charge in [0.05, 0.1) is 15.8 Å². The minimum atomic E-state index is -0.569. The Morgan fingerprint density at radius 3 is 2.81 bits per heavy atom. The Morgan fingerprint density at radius 2 is 2.11 bits per heavy atom. The van der Waals surface area contributed by atoms with Gasteiger partial charge in [-0.2, -0.15) is 4.98 Å². The van der Waals surface area contributed by atoms with E-state index in [4.69, 9.17) is 20.9 Å². The van der Waals surface area contributed by atoms with Gasteiger partial charge in [-0.3, -0.25) is 4.98 Å². The molecule has 0 saturated carbocycles. The summed E-state index contributed by atoms with van der Waals surface area (Å²) in [6.45, 7) is 6.50. The second-order valence-corrected chi connectivity index (χ2v) is 10.5. The van der Waals surface area contributed by atoms with Crippen LogP contribution in [0.4, 0.5) is 4.79 Å². The highest BCUT2D eigenvalue weighted by Gasteiger charge is 2.24. The Balaban J connectivity index is 1.30. The number of hydrogen-bond acceptors (Lipinski definition) is 9. The molecule has 1 N–H and O–H groups in total. The van der Waals surface area contributed by atoms with Gasteiger partial charge in [0, 0.05) is 37.4 Å². The topological polar surface area (TPSA) is 111 Å². The van der Waals surface area contributed by atoms with E-state index in [1.807, 2.05) is 36.4 Å². The normalized spacial score (nSPS) is 14.9. The van der Waals surface area contributed by atoms with Gasteiger partial charge in [-0.1, -0.05) is 22.8 Å². The lowest BCUT2D eigenvalue weighted by Crippen LogP contribution is -2.47. The van der Waals surface area contributed by atoms with Crippen LogP contribution in [0.25, 0.3) is 22.2 Å². The monoisotopic (exact) mass is 527 g/mol. The molecule has 0 aliphatic carbocycles. The molecule has 0 bridgehead atoms. The van der Waals surface area contributed by atoms with E-state index in [0.717, 1.165) is 30.8 Å². The predicted octanol–water partition coefficient (Wildman–Crippen LogP) is 4.72. The average molecular weight is 528 g/mol. The van der Waals surface area contributed by atoms with E-state index < -0.39 is 6.09 Å². The molecular formula is C24H26ClN7O3S. The summed E-state index contributed by atoms with van der Waals surface area (Å²) in [6.07, 6.45) is 2.84. The minimum Gasteiger partial charge on any atom is -0.373 e. The van der Waals surface area contributed by atoms with Gasteiger partial charge in [-0.25, -0.2) is 9.48 Å². The smallest absolute Gasteiger partial charge is 0.373 e. The standard InChI is InChI=1S/C24H26ClN7O3S/c1-15(2)31-11-8-16(9-12-31)27-24(33)34-23-28-22(18-5-3-4-10-26-18)32(29-23)14-17-13-19(35-30-17)20-6-7-21(25)36-20/h3-7,10,13,15-16H,8-9,11-12,14H2,1-2H3,(H,27,33). The molecule has 12 heteroatoms. The first kappa shape index (κ1) is 24.4. The van der Waals surface area contributed by atoms with E-state index in [9.17, 15) is 4.79 Å². The third-order valence-corrected chi connectivity index (χ3v) is 7.24. The van der Waals surface area contributed by atoms with E-state index in [1.165, 1.54) is 11.3 Å². The molecular weight excluding hydrogens is 502 g/mol. The number of nitrogens with zero attached hydrogens (tertiary/aromatic N) is 6. The molecule has 4 aromatic rings. The fourth-order valence-electron chi connectivity index (χ4n) is 4.10. The number of carbonyl (C=O) groups excluding carboxylic acids is 1. The number of pyridine rings is 1. The SMILES string of the molecule is CC(C)N1CCC(NC(=O)Oc2nc(-c3ccccn3)n(Cc3cc(-c4ccc(Cl)s4)on3)n2)CC1. The Bertz CT molecular complexity index is 1310. The quantitative estimate of drug-likeness (QED) is 0.367. The maximum Gasteiger partial charge on any atom is 0.415 e. The average Bonchev–Trinajstić information content (AvgIpc) is 3.60. The van der Waals surface area contributed by atoms with Crippen molar-refractivity contribution >= 4 is 29.0 Å². The van der Waals surface area contributed by atoms with Gasteiger partial charge in [0.2, 0.25) is 0 Å². The minimum absolute atomic E-state index is 0.0541. The van der Waals surface area contributed by atoms with E-state index in [0.29, 0.717) is 33.4 Å². The van der Waals surface area contributed by atoms with Crippen molar-refractivity contribution in [2.45, 2.75) is 45.3 Å². The molecule has 1 fully saturated rings. The van der Waals surface area contributed by atoms with Crippen molar-refractivity contribution in [3.63, 3.8) is 0 Å². The third-order valence-electron chi connectivity index (χ3n) is 6.00. The molecule has 5 heterocycles. The van der Waals surface area contributed by atoms with Crippen molar-refractivity contribution in [1.29, 1.82) is 0 Å². The Morgan fingerprint density at radius 1 is 1.28 bits per heavy atom. The Hall–Kier alpha value is -3.28. The van der Waals surface area contributed by atoms with Gasteiger partial charge in [0.15, 0.2) is 11.6 Å². The summed E-state index contributed by atoms with van der Waals surface area (Å²) in [5, 5.41) is 11.5. The lowest BCUT2D eigenvalue weighted by atomic mass is 10.0. The van der Waals surface area contributed by atoms with Gasteiger partial charge < -0.3 is 19.5 Å². The summed E-state index contributed by atoms with van der Waals surface area (Å²) in [5.41, 5.74) is 1.22. The first-order valence-corrected chi connectivity index (χ1v) is 12.9. The molecule has 0 radical (unpaired) electrons. The third kappa shape index (κ3) is 5.75. The van der Waals surface area contributed by atoms with Gasteiger partial charge in [-0.05, 0) is 51.0 Å². The van der Waals surface area contributed by atoms with Crippen LogP contribution in [0, 0.1) is 0 Å². The number of ether oxygens (including phenoxy) is 1. The highest BCUT2D eigenvalue weighted by atomic mass is 35.5. The van der Waals surface area contributed by atoms with Crippen molar-refractivity contribution in [2.24, 2.45) is 0 Å². The highest BCUT2D eigenvalue weighted by molar-refractivity contribution is 7.19. The predicted molar refractivity (Wildman–Crippen MR) is 136 cm³/mol. The van der Waals surface area contributed by atoms with E-state index in [-0.39, 0.29) is 18.6 Å². The molecule has 36 heavy (non-hydrogen) atoms. The lowest BCUT2D eigenvalue weighted by molar-refractivity contribution is 0.151. The first-order valence-electron chi connectivity index (χ1n) is 11.7. The molecule has 0 aromatic carbocycles. The maximum absolute atomic E-state index is 12.6. The van der Waals surface area contributed by atoms with Crippen LogP contribution in [-0.4, -0.2) is 61.1 Å². The van der Waals surface area contributed by atoms with Crippen LogP contribution < -0.4 is 10.1 Å². The zero-order chi connectivity index (χ0) is 25.1. The summed E-state index contributed by atoms with van der Waals surface area (Å²) < 4.78 is 13.2. The van der Waals surface area contributed by atoms with E-state index >= 15 is 0 Å². The van der Waals surface area contributed by atoms with Crippen molar-refractivity contribution in [3.8, 4) is 28.2 Å². The number of rotatable bonds is 7. The van der Waals surface area contributed by atoms with Gasteiger partial charge >= 0.3 is 12.1 Å². The number of likely N-dealkylation sites (tertiary alicyclic amines) is 1. The molecule has 1 saturated heterocycles. The van der Waals surface area contributed by atoms with E-state index in [2.05, 4.69) is 44.3 Å². The summed E-state index contributed by atoms with van der Waals surface area (Å²) in [5.74, 6) is 1.06. The number of hydrogen-bond donors (Lipinski definition) is 1. The fraction of sp³-hybridized carbons (Fsp3) is 0.375. The van der Waals surface area contributed by atoms with Crippen LogP contribution >= 0.6 is 22.9 Å². The van der Waals surface area contributed by atoms with Crippen molar-refractivity contribution in [2.75, 3.05) is 13.1 Å². The van der Waals surface area contributed by atoms with Gasteiger partial charge in [0.25, 0.3) is 0 Å². The molecule has 0 spiro atoms. The van der Waals surface area contributed by atoms with Crippen LogP contribution in [0.3, 0.4) is 0 Å². The zero-order valence-corrected chi connectivity index (χ0v) is 21.5. The van der Waals surface area contributed by atoms with Crippen molar-refractivity contribution in [1.82, 2.24) is 35.1 Å². The molecule has 0 atom stereocenters. The number of nitrogens with one attached hydrogen (secondary N) is 1. The largest absolute Gasteiger partial charge is 0.415 e. The molecule has 5 rings (SSSR count). The fourth-order valence-corrected chi connectivity index (χ4v) is 5.09. The van der Waals surface area contributed by atoms with Crippen LogP contribution in [0.5, 0.6) is 6.01 Å². The number of thiophene rings is 1. The van der Waals surface area contributed by atoms with Crippen LogP contribution in [0.15, 0.2) is 47.1 Å². The second kappa shape index (κ2) is 10.8. The zero-order valence-electron chi connectivity index (χ0n) is 19.9. The summed E-state index contributed by atoms with van der Waals surface area (Å²) in [4.78, 5) is 24.7.